The molecule has 0 aromatic carbocycles. The van der Waals surface area contributed by atoms with Crippen molar-refractivity contribution in [2.45, 2.75) is 55.0 Å². The molecule has 0 aliphatic rings. The van der Waals surface area contributed by atoms with E-state index in [1.807, 2.05) is 0 Å². The van der Waals surface area contributed by atoms with Crippen LogP contribution in [0.1, 0.15) is 25.7 Å². The van der Waals surface area contributed by atoms with E-state index in [1.165, 1.54) is 0 Å². The molecule has 0 aromatic rings. The maximum atomic E-state index is 13.5. The molecule has 0 aliphatic carbocycles. The van der Waals surface area contributed by atoms with Gasteiger partial charge in [0.2, 0.25) is 5.83 Å². The Bertz CT molecular complexity index is 882. The first-order valence-corrected chi connectivity index (χ1v) is 10.1. The van der Waals surface area contributed by atoms with Gasteiger partial charge >= 0.3 is 51.4 Å². The molecular weight excluding hydrogens is 549 g/mol. The van der Waals surface area contributed by atoms with Crippen LogP contribution >= 0.6 is 0 Å². The summed E-state index contributed by atoms with van der Waals surface area (Å²) < 4.78 is 183. The molecular formula is C15H15F11O8S. The summed E-state index contributed by atoms with van der Waals surface area (Å²) in [5.41, 5.74) is 0. The Kier molecular flexibility index (Phi) is 10.5. The van der Waals surface area contributed by atoms with Gasteiger partial charge in [-0.25, -0.2) is 9.59 Å². The molecule has 1 N–H and O–H groups in total. The van der Waals surface area contributed by atoms with Gasteiger partial charge in [-0.1, -0.05) is 6.58 Å². The topological polar surface area (TPSA) is 116 Å². The number of rotatable bonds is 13. The van der Waals surface area contributed by atoms with Gasteiger partial charge in [0.05, 0.1) is 13.0 Å². The number of ether oxygens (including phenoxy) is 3. The van der Waals surface area contributed by atoms with E-state index in [1.54, 1.807) is 0 Å². The highest BCUT2D eigenvalue weighted by atomic mass is 32.2. The van der Waals surface area contributed by atoms with E-state index in [-0.39, 0.29) is 0 Å². The van der Waals surface area contributed by atoms with Crippen LogP contribution in [-0.4, -0.2) is 67.4 Å². The lowest BCUT2D eigenvalue weighted by Gasteiger charge is -2.32. The van der Waals surface area contributed by atoms with E-state index in [4.69, 9.17) is 4.55 Å². The minimum absolute atomic E-state index is 1.13. The lowest BCUT2D eigenvalue weighted by atomic mass is 10.1. The average Bonchev–Trinajstić information content (AvgIpc) is 2.63. The van der Waals surface area contributed by atoms with Gasteiger partial charge in [-0.15, -0.1) is 0 Å². The first-order chi connectivity index (χ1) is 15.4. The molecule has 0 spiro atoms. The molecule has 0 heterocycles. The summed E-state index contributed by atoms with van der Waals surface area (Å²) in [4.78, 5) is 23.1. The molecule has 0 aromatic heterocycles. The summed E-state index contributed by atoms with van der Waals surface area (Å²) in [5.74, 6) is -18.0. The minimum Gasteiger partial charge on any atom is -0.460 e. The summed E-state index contributed by atoms with van der Waals surface area (Å²) in [6.45, 7) is -1.07. The van der Waals surface area contributed by atoms with Gasteiger partial charge in [0.1, 0.15) is 6.61 Å². The van der Waals surface area contributed by atoms with Crippen LogP contribution in [0.4, 0.5) is 48.3 Å². The fraction of sp³-hybridized carbons (Fsp3) is 0.733. The van der Waals surface area contributed by atoms with Crippen molar-refractivity contribution >= 4 is 22.1 Å². The normalized spacial score (nSPS) is 15.3. The van der Waals surface area contributed by atoms with Gasteiger partial charge in [-0.2, -0.15) is 56.7 Å². The van der Waals surface area contributed by atoms with Gasteiger partial charge < -0.3 is 14.2 Å². The molecule has 206 valence electrons. The molecule has 0 rings (SSSR count). The molecule has 1 unspecified atom stereocenters. The van der Waals surface area contributed by atoms with Crippen LogP contribution in [0.3, 0.4) is 0 Å². The van der Waals surface area contributed by atoms with Crippen molar-refractivity contribution in [1.82, 2.24) is 0 Å². The number of hydrogen-bond acceptors (Lipinski definition) is 7. The van der Waals surface area contributed by atoms with Crippen molar-refractivity contribution in [3.8, 4) is 0 Å². The highest BCUT2D eigenvalue weighted by Gasteiger charge is 2.68. The average molecular weight is 564 g/mol. The summed E-state index contributed by atoms with van der Waals surface area (Å²) in [6.07, 6.45) is -17.6. The number of carbonyl (C=O) groups excluding carboxylic acids is 2. The number of halogens is 11. The van der Waals surface area contributed by atoms with Crippen LogP contribution in [0.2, 0.25) is 0 Å². The van der Waals surface area contributed by atoms with Crippen LogP contribution in [0, 0.1) is 0 Å². The van der Waals surface area contributed by atoms with E-state index in [9.17, 15) is 66.3 Å². The summed E-state index contributed by atoms with van der Waals surface area (Å²) in [6, 6.07) is 0. The quantitative estimate of drug-likeness (QED) is 0.0890. The zero-order valence-electron chi connectivity index (χ0n) is 16.8. The van der Waals surface area contributed by atoms with Crippen LogP contribution in [-0.2, 0) is 33.9 Å². The first kappa shape index (κ1) is 32.8. The maximum absolute atomic E-state index is 13.5. The molecule has 0 radical (unpaired) electrons. The third-order valence-corrected chi connectivity index (χ3v) is 4.61. The molecule has 35 heavy (non-hydrogen) atoms. The Morgan fingerprint density at radius 1 is 0.857 bits per heavy atom. The summed E-state index contributed by atoms with van der Waals surface area (Å²) >= 11 is 0. The molecule has 0 fully saturated rings. The third kappa shape index (κ3) is 8.74. The Labute approximate surface area is 188 Å². The van der Waals surface area contributed by atoms with Gasteiger partial charge in [0.25, 0.3) is 0 Å². The largest absolute Gasteiger partial charge is 0.468 e. The van der Waals surface area contributed by atoms with Gasteiger partial charge in [-0.3, -0.25) is 4.55 Å². The van der Waals surface area contributed by atoms with E-state index < -0.39 is 96.1 Å². The second kappa shape index (κ2) is 11.2. The van der Waals surface area contributed by atoms with Crippen LogP contribution < -0.4 is 0 Å². The lowest BCUT2D eigenvalue weighted by molar-refractivity contribution is -0.355. The molecule has 0 saturated carbocycles. The van der Waals surface area contributed by atoms with Crippen molar-refractivity contribution in [3.63, 3.8) is 0 Å². The van der Waals surface area contributed by atoms with Gasteiger partial charge in [0.15, 0.2) is 0 Å². The fourth-order valence-electron chi connectivity index (χ4n) is 1.93. The van der Waals surface area contributed by atoms with Crippen molar-refractivity contribution in [2.75, 3.05) is 13.2 Å². The van der Waals surface area contributed by atoms with Crippen molar-refractivity contribution < 1.29 is 85.1 Å². The van der Waals surface area contributed by atoms with Crippen LogP contribution in [0.15, 0.2) is 12.4 Å². The Morgan fingerprint density at radius 3 is 1.77 bits per heavy atom. The number of hydrogen-bond donors (Lipinski definition) is 1. The smallest absolute Gasteiger partial charge is 0.460 e. The number of unbranched alkanes of at least 4 members (excludes halogenated alkanes) is 1. The Hall–Kier alpha value is -2.22. The standard InChI is InChI=1S/C15H15F11O8S/c1-8(16)9(27)34-13(14(22,23)24,10(28)32-7-5-12(19,20)21)33-6-3-2-4-11(17,18)15(25,26)35(29,30)31/h1-7H2,(H,29,30,31). The molecule has 20 heteroatoms. The van der Waals surface area contributed by atoms with E-state index >= 15 is 0 Å². The van der Waals surface area contributed by atoms with Gasteiger partial charge in [0, 0.05) is 6.42 Å². The van der Waals surface area contributed by atoms with E-state index in [0.717, 1.165) is 0 Å². The number of alkyl halides is 10. The minimum atomic E-state index is -6.60. The van der Waals surface area contributed by atoms with Crippen molar-refractivity contribution in [2.24, 2.45) is 0 Å². The SMILES string of the molecule is C=C(F)C(=O)OC(OCCCCC(F)(F)C(F)(F)S(=O)(=O)O)(C(=O)OCCC(F)(F)F)C(F)(F)F. The fourth-order valence-corrected chi connectivity index (χ4v) is 2.40. The molecule has 0 amide bonds. The second-order valence-corrected chi connectivity index (χ2v) is 7.87. The first-order valence-electron chi connectivity index (χ1n) is 8.66. The zero-order valence-corrected chi connectivity index (χ0v) is 17.6. The zero-order chi connectivity index (χ0) is 28.1. The van der Waals surface area contributed by atoms with Crippen LogP contribution in [0.25, 0.3) is 0 Å². The predicted octanol–water partition coefficient (Wildman–Crippen LogP) is 4.07. The predicted molar refractivity (Wildman–Crippen MR) is 88.0 cm³/mol. The molecule has 0 aliphatic heterocycles. The third-order valence-electron chi connectivity index (χ3n) is 3.66. The molecule has 0 saturated heterocycles. The molecule has 1 atom stereocenters. The summed E-state index contributed by atoms with van der Waals surface area (Å²) in [7, 11) is -6.60. The highest BCUT2D eigenvalue weighted by molar-refractivity contribution is 7.87. The van der Waals surface area contributed by atoms with Crippen molar-refractivity contribution in [1.29, 1.82) is 0 Å². The van der Waals surface area contributed by atoms with E-state index in [2.05, 4.69) is 20.8 Å². The maximum Gasteiger partial charge on any atom is 0.468 e. The Morgan fingerprint density at radius 2 is 1.37 bits per heavy atom. The van der Waals surface area contributed by atoms with Crippen molar-refractivity contribution in [3.05, 3.63) is 12.4 Å². The molecule has 8 nitrogen and oxygen atoms in total. The lowest BCUT2D eigenvalue weighted by Crippen LogP contribution is -2.58. The second-order valence-electron chi connectivity index (χ2n) is 6.41. The number of carbonyl (C=O) groups is 2. The monoisotopic (exact) mass is 564 g/mol. The Balaban J connectivity index is 5.62. The van der Waals surface area contributed by atoms with Crippen LogP contribution in [0.5, 0.6) is 0 Å². The van der Waals surface area contributed by atoms with Gasteiger partial charge in [-0.05, 0) is 12.8 Å². The van der Waals surface area contributed by atoms with E-state index in [0.29, 0.717) is 0 Å². The highest BCUT2D eigenvalue weighted by Crippen LogP contribution is 2.42. The molecule has 0 bridgehead atoms. The number of esters is 2. The summed E-state index contributed by atoms with van der Waals surface area (Å²) in [5, 5.41) is -5.99.